The average Bonchev–Trinajstić information content (AvgIpc) is 2.62. The third-order valence-electron chi connectivity index (χ3n) is 3.40. The number of amides is 1. The van der Waals surface area contributed by atoms with Gasteiger partial charge in [-0.15, -0.1) is 0 Å². The summed E-state index contributed by atoms with van der Waals surface area (Å²) >= 11 is 0. The van der Waals surface area contributed by atoms with Crippen LogP contribution in [0.2, 0.25) is 0 Å². The zero-order valence-electron chi connectivity index (χ0n) is 14.5. The van der Waals surface area contributed by atoms with E-state index >= 15 is 0 Å². The Morgan fingerprint density at radius 1 is 1.20 bits per heavy atom. The van der Waals surface area contributed by atoms with Crippen molar-refractivity contribution in [3.05, 3.63) is 47.5 Å². The molecule has 0 atom stereocenters. The maximum atomic E-state index is 11.6. The highest BCUT2D eigenvalue weighted by molar-refractivity contribution is 5.87. The van der Waals surface area contributed by atoms with Gasteiger partial charge in [0.1, 0.15) is 23.3 Å². The number of hydrogen-bond donors (Lipinski definition) is 1. The van der Waals surface area contributed by atoms with Crippen LogP contribution in [0, 0.1) is 18.3 Å². The van der Waals surface area contributed by atoms with Gasteiger partial charge in [0.15, 0.2) is 0 Å². The molecule has 0 bridgehead atoms. The summed E-state index contributed by atoms with van der Waals surface area (Å²) in [7, 11) is 1.27. The number of nitrogens with one attached hydrogen (secondary N) is 1. The van der Waals surface area contributed by atoms with Gasteiger partial charge in [0.05, 0.1) is 25.0 Å². The van der Waals surface area contributed by atoms with Gasteiger partial charge >= 0.3 is 6.09 Å². The maximum absolute atomic E-state index is 11.6. The Balaban J connectivity index is 2.44. The zero-order chi connectivity index (χ0) is 18.2. The van der Waals surface area contributed by atoms with E-state index in [9.17, 15) is 10.1 Å². The van der Waals surface area contributed by atoms with Crippen LogP contribution in [-0.2, 0) is 4.74 Å². The summed E-state index contributed by atoms with van der Waals surface area (Å²) < 4.78 is 16.1. The number of anilines is 1. The molecule has 0 aliphatic rings. The van der Waals surface area contributed by atoms with Gasteiger partial charge in [0, 0.05) is 12.1 Å². The van der Waals surface area contributed by atoms with Crippen molar-refractivity contribution in [2.24, 2.45) is 0 Å². The largest absolute Gasteiger partial charge is 0.491 e. The van der Waals surface area contributed by atoms with Gasteiger partial charge in [-0.3, -0.25) is 5.32 Å². The van der Waals surface area contributed by atoms with Gasteiger partial charge in [-0.25, -0.2) is 4.79 Å². The average molecular weight is 340 g/mol. The summed E-state index contributed by atoms with van der Waals surface area (Å²) in [6.45, 7) is 4.33. The van der Waals surface area contributed by atoms with E-state index in [0.717, 1.165) is 12.0 Å². The highest BCUT2D eigenvalue weighted by Gasteiger charge is 2.16. The lowest BCUT2D eigenvalue weighted by molar-refractivity contribution is 0.186. The third kappa shape index (κ3) is 4.64. The van der Waals surface area contributed by atoms with Gasteiger partial charge in [0.25, 0.3) is 0 Å². The molecule has 1 amide bonds. The van der Waals surface area contributed by atoms with E-state index in [1.54, 1.807) is 12.1 Å². The van der Waals surface area contributed by atoms with Crippen molar-refractivity contribution >= 4 is 11.8 Å². The van der Waals surface area contributed by atoms with Crippen LogP contribution in [0.25, 0.3) is 0 Å². The minimum atomic E-state index is -0.632. The summed E-state index contributed by atoms with van der Waals surface area (Å²) in [5.74, 6) is 1.35. The molecule has 0 radical (unpaired) electrons. The highest BCUT2D eigenvalue weighted by Crippen LogP contribution is 2.36. The molecule has 0 saturated carbocycles. The van der Waals surface area contributed by atoms with Crippen LogP contribution < -0.4 is 14.8 Å². The van der Waals surface area contributed by atoms with Gasteiger partial charge in [-0.2, -0.15) is 5.26 Å². The summed E-state index contributed by atoms with van der Waals surface area (Å²) in [6.07, 6.45) is 0.161. The molecule has 6 nitrogen and oxygen atoms in total. The predicted octanol–water partition coefficient (Wildman–Crippen LogP) is 4.63. The SMILES string of the molecule is CCCOc1cc(C#N)c(Oc2ccccc2C)cc1NC(=O)OC. The fraction of sp³-hybridized carbons (Fsp3) is 0.263. The molecule has 0 heterocycles. The van der Waals surface area contributed by atoms with Crippen molar-refractivity contribution in [2.45, 2.75) is 20.3 Å². The Hall–Kier alpha value is -3.20. The number of benzene rings is 2. The van der Waals surface area contributed by atoms with Crippen LogP contribution in [0.5, 0.6) is 17.2 Å². The smallest absolute Gasteiger partial charge is 0.411 e. The fourth-order valence-electron chi connectivity index (χ4n) is 2.11. The Morgan fingerprint density at radius 3 is 2.60 bits per heavy atom. The van der Waals surface area contributed by atoms with Gasteiger partial charge in [0.2, 0.25) is 0 Å². The van der Waals surface area contributed by atoms with Gasteiger partial charge in [-0.05, 0) is 25.0 Å². The van der Waals surface area contributed by atoms with Crippen LogP contribution in [0.15, 0.2) is 36.4 Å². The maximum Gasteiger partial charge on any atom is 0.411 e. The third-order valence-corrected chi connectivity index (χ3v) is 3.40. The molecule has 0 aliphatic heterocycles. The van der Waals surface area contributed by atoms with E-state index < -0.39 is 6.09 Å². The minimum Gasteiger partial charge on any atom is -0.491 e. The quantitative estimate of drug-likeness (QED) is 0.829. The lowest BCUT2D eigenvalue weighted by Crippen LogP contribution is -2.12. The first-order valence-electron chi connectivity index (χ1n) is 7.88. The second-order valence-corrected chi connectivity index (χ2v) is 5.29. The number of aryl methyl sites for hydroxylation is 1. The van der Waals surface area contributed by atoms with Crippen molar-refractivity contribution in [1.29, 1.82) is 5.26 Å². The van der Waals surface area contributed by atoms with Crippen LogP contribution in [0.3, 0.4) is 0 Å². The summed E-state index contributed by atoms with van der Waals surface area (Å²) in [5.41, 5.74) is 1.62. The van der Waals surface area contributed by atoms with E-state index in [0.29, 0.717) is 35.1 Å². The molecule has 0 aromatic heterocycles. The standard InChI is InChI=1S/C19H20N2O4/c1-4-9-24-18-10-14(12-20)17(11-15(18)21-19(22)23-3)25-16-8-6-5-7-13(16)2/h5-8,10-11H,4,9H2,1-3H3,(H,21,22). The Morgan fingerprint density at radius 2 is 1.96 bits per heavy atom. The van der Waals surface area contributed by atoms with Crippen molar-refractivity contribution < 1.29 is 19.0 Å². The molecule has 2 aromatic carbocycles. The molecule has 0 saturated heterocycles. The first kappa shape index (κ1) is 18.1. The van der Waals surface area contributed by atoms with Crippen LogP contribution in [0.4, 0.5) is 10.5 Å². The fourth-order valence-corrected chi connectivity index (χ4v) is 2.11. The molecular weight excluding hydrogens is 320 g/mol. The van der Waals surface area contributed by atoms with Crippen LogP contribution in [-0.4, -0.2) is 19.8 Å². The second-order valence-electron chi connectivity index (χ2n) is 5.29. The monoisotopic (exact) mass is 340 g/mol. The molecule has 6 heteroatoms. The molecule has 0 spiro atoms. The Labute approximate surface area is 146 Å². The summed E-state index contributed by atoms with van der Waals surface area (Å²) in [4.78, 5) is 11.6. The summed E-state index contributed by atoms with van der Waals surface area (Å²) in [6, 6.07) is 12.7. The molecule has 2 aromatic rings. The van der Waals surface area contributed by atoms with E-state index in [2.05, 4.69) is 16.1 Å². The number of nitriles is 1. The first-order valence-corrected chi connectivity index (χ1v) is 7.88. The number of carbonyl (C=O) groups excluding carboxylic acids is 1. The number of ether oxygens (including phenoxy) is 3. The second kappa shape index (κ2) is 8.60. The number of rotatable bonds is 6. The Kier molecular flexibility index (Phi) is 6.24. The van der Waals surface area contributed by atoms with Crippen LogP contribution >= 0.6 is 0 Å². The number of para-hydroxylation sites is 1. The molecule has 0 unspecified atom stereocenters. The van der Waals surface area contributed by atoms with E-state index in [1.165, 1.54) is 7.11 Å². The van der Waals surface area contributed by atoms with Crippen molar-refractivity contribution in [2.75, 3.05) is 19.0 Å². The topological polar surface area (TPSA) is 80.6 Å². The normalized spacial score (nSPS) is 9.84. The van der Waals surface area contributed by atoms with Crippen LogP contribution in [0.1, 0.15) is 24.5 Å². The van der Waals surface area contributed by atoms with Crippen molar-refractivity contribution in [3.8, 4) is 23.3 Å². The summed E-state index contributed by atoms with van der Waals surface area (Å²) in [5, 5.41) is 12.0. The molecule has 25 heavy (non-hydrogen) atoms. The van der Waals surface area contributed by atoms with Gasteiger partial charge < -0.3 is 14.2 Å². The molecule has 2 rings (SSSR count). The zero-order valence-corrected chi connectivity index (χ0v) is 14.5. The highest BCUT2D eigenvalue weighted by atomic mass is 16.5. The van der Waals surface area contributed by atoms with E-state index in [1.807, 2.05) is 38.1 Å². The van der Waals surface area contributed by atoms with Crippen molar-refractivity contribution in [1.82, 2.24) is 0 Å². The molecule has 0 aliphatic carbocycles. The first-order chi connectivity index (χ1) is 12.1. The molecule has 1 N–H and O–H groups in total. The van der Waals surface area contributed by atoms with E-state index in [4.69, 9.17) is 9.47 Å². The number of methoxy groups -OCH3 is 1. The van der Waals surface area contributed by atoms with Gasteiger partial charge in [-0.1, -0.05) is 25.1 Å². The predicted molar refractivity (Wildman–Crippen MR) is 94.2 cm³/mol. The molecule has 130 valence electrons. The number of hydrogen-bond acceptors (Lipinski definition) is 5. The number of nitrogens with zero attached hydrogens (tertiary/aromatic N) is 1. The minimum absolute atomic E-state index is 0.310. The lowest BCUT2D eigenvalue weighted by atomic mass is 10.1. The molecular formula is C19H20N2O4. The molecule has 0 fully saturated rings. The lowest BCUT2D eigenvalue weighted by Gasteiger charge is -2.16. The van der Waals surface area contributed by atoms with Crippen molar-refractivity contribution in [3.63, 3.8) is 0 Å². The Bertz CT molecular complexity index is 796. The number of carbonyl (C=O) groups is 1. The van der Waals surface area contributed by atoms with E-state index in [-0.39, 0.29) is 0 Å².